The Morgan fingerprint density at radius 1 is 1.09 bits per heavy atom. The molecule has 34 heavy (non-hydrogen) atoms. The lowest BCUT2D eigenvalue weighted by atomic mass is 10.1. The minimum absolute atomic E-state index is 0.0799. The Morgan fingerprint density at radius 3 is 2.32 bits per heavy atom. The maximum absolute atomic E-state index is 14.4. The molecule has 1 aliphatic carbocycles. The SMILES string of the molecule is Cc1ccccc1CN(C(=O)CN(c1ccccc1F)S(C)(=O)=O)[C@@H](C)C(=O)NC1CCCC1. The first kappa shape index (κ1) is 25.7. The zero-order chi connectivity index (χ0) is 24.9. The molecule has 9 heteroatoms. The molecule has 3 rings (SSSR count). The number of amides is 2. The molecule has 0 unspecified atom stereocenters. The van der Waals surface area contributed by atoms with E-state index in [2.05, 4.69) is 5.32 Å². The lowest BCUT2D eigenvalue weighted by Crippen LogP contribution is -2.52. The third kappa shape index (κ3) is 6.34. The highest BCUT2D eigenvalue weighted by Crippen LogP contribution is 2.23. The highest BCUT2D eigenvalue weighted by Gasteiger charge is 2.32. The number of para-hydroxylation sites is 1. The zero-order valence-electron chi connectivity index (χ0n) is 19.8. The first-order chi connectivity index (χ1) is 16.1. The molecule has 0 aromatic heterocycles. The van der Waals surface area contributed by atoms with Crippen molar-refractivity contribution in [3.05, 3.63) is 65.5 Å². The first-order valence-electron chi connectivity index (χ1n) is 11.4. The number of nitrogens with one attached hydrogen (secondary N) is 1. The van der Waals surface area contributed by atoms with Gasteiger partial charge in [-0.05, 0) is 49.9 Å². The summed E-state index contributed by atoms with van der Waals surface area (Å²) >= 11 is 0. The van der Waals surface area contributed by atoms with E-state index in [4.69, 9.17) is 0 Å². The summed E-state index contributed by atoms with van der Waals surface area (Å²) in [6.45, 7) is 3.05. The summed E-state index contributed by atoms with van der Waals surface area (Å²) in [5.74, 6) is -1.63. The van der Waals surface area contributed by atoms with Crippen molar-refractivity contribution in [1.82, 2.24) is 10.2 Å². The summed E-state index contributed by atoms with van der Waals surface area (Å²) in [6, 6.07) is 12.1. The van der Waals surface area contributed by atoms with Crippen LogP contribution in [0.25, 0.3) is 0 Å². The van der Waals surface area contributed by atoms with Gasteiger partial charge >= 0.3 is 0 Å². The topological polar surface area (TPSA) is 86.8 Å². The number of nitrogens with zero attached hydrogens (tertiary/aromatic N) is 2. The Hall–Kier alpha value is -2.94. The number of hydrogen-bond donors (Lipinski definition) is 1. The van der Waals surface area contributed by atoms with Crippen molar-refractivity contribution in [3.63, 3.8) is 0 Å². The van der Waals surface area contributed by atoms with Gasteiger partial charge < -0.3 is 10.2 Å². The van der Waals surface area contributed by atoms with E-state index in [1.54, 1.807) is 6.92 Å². The summed E-state index contributed by atoms with van der Waals surface area (Å²) in [4.78, 5) is 27.9. The fourth-order valence-electron chi connectivity index (χ4n) is 4.19. The van der Waals surface area contributed by atoms with Crippen molar-refractivity contribution in [2.24, 2.45) is 0 Å². The normalized spacial score (nSPS) is 15.1. The average Bonchev–Trinajstić information content (AvgIpc) is 3.29. The quantitative estimate of drug-likeness (QED) is 0.585. The van der Waals surface area contributed by atoms with E-state index in [-0.39, 0.29) is 24.2 Å². The van der Waals surface area contributed by atoms with Gasteiger partial charge in [-0.3, -0.25) is 13.9 Å². The van der Waals surface area contributed by atoms with Crippen LogP contribution in [0.15, 0.2) is 48.5 Å². The van der Waals surface area contributed by atoms with Crippen LogP contribution in [0.5, 0.6) is 0 Å². The fourth-order valence-corrected chi connectivity index (χ4v) is 5.04. The molecule has 2 amide bonds. The van der Waals surface area contributed by atoms with Crippen LogP contribution in [0.2, 0.25) is 0 Å². The number of halogens is 1. The maximum Gasteiger partial charge on any atom is 0.244 e. The van der Waals surface area contributed by atoms with Crippen LogP contribution in [-0.2, 0) is 26.2 Å². The van der Waals surface area contributed by atoms with E-state index in [1.807, 2.05) is 31.2 Å². The monoisotopic (exact) mass is 489 g/mol. The summed E-state index contributed by atoms with van der Waals surface area (Å²) in [5, 5.41) is 3.01. The van der Waals surface area contributed by atoms with Gasteiger partial charge in [0.15, 0.2) is 0 Å². The average molecular weight is 490 g/mol. The standard InChI is InChI=1S/C25H32FN3O4S/c1-18-10-4-5-11-20(18)16-28(19(2)25(31)27-21-12-6-7-13-21)24(30)17-29(34(3,32)33)23-15-9-8-14-22(23)26/h4-5,8-11,14-15,19,21H,6-7,12-13,16-17H2,1-3H3,(H,27,31)/t19-/m0/s1. The number of sulfonamides is 1. The van der Waals surface area contributed by atoms with Crippen molar-refractivity contribution in [2.75, 3.05) is 17.1 Å². The second kappa shape index (κ2) is 11.0. The second-order valence-corrected chi connectivity index (χ2v) is 10.7. The van der Waals surface area contributed by atoms with Crippen LogP contribution >= 0.6 is 0 Å². The molecular formula is C25H32FN3O4S. The van der Waals surface area contributed by atoms with Crippen LogP contribution in [0.1, 0.15) is 43.7 Å². The van der Waals surface area contributed by atoms with Crippen LogP contribution in [-0.4, -0.2) is 50.0 Å². The molecule has 0 aliphatic heterocycles. The van der Waals surface area contributed by atoms with Gasteiger partial charge in [0, 0.05) is 12.6 Å². The number of rotatable bonds is 9. The number of carbonyl (C=O) groups is 2. The predicted octanol–water partition coefficient (Wildman–Crippen LogP) is 3.38. The van der Waals surface area contributed by atoms with E-state index in [0.29, 0.717) is 0 Å². The smallest absolute Gasteiger partial charge is 0.244 e. The van der Waals surface area contributed by atoms with Crippen molar-refractivity contribution in [1.29, 1.82) is 0 Å². The van der Waals surface area contributed by atoms with Crippen LogP contribution in [0.3, 0.4) is 0 Å². The van der Waals surface area contributed by atoms with Crippen molar-refractivity contribution >= 4 is 27.5 Å². The minimum atomic E-state index is -3.97. The predicted molar refractivity (Wildman–Crippen MR) is 130 cm³/mol. The van der Waals surface area contributed by atoms with Gasteiger partial charge in [0.05, 0.1) is 11.9 Å². The van der Waals surface area contributed by atoms with Gasteiger partial charge in [0.2, 0.25) is 21.8 Å². The van der Waals surface area contributed by atoms with Gasteiger partial charge in [-0.15, -0.1) is 0 Å². The minimum Gasteiger partial charge on any atom is -0.352 e. The molecular weight excluding hydrogens is 457 g/mol. The van der Waals surface area contributed by atoms with Gasteiger partial charge in [-0.1, -0.05) is 49.2 Å². The molecule has 0 spiro atoms. The molecule has 184 valence electrons. The molecule has 2 aromatic carbocycles. The highest BCUT2D eigenvalue weighted by molar-refractivity contribution is 7.92. The number of anilines is 1. The fraction of sp³-hybridized carbons (Fsp3) is 0.440. The third-order valence-corrected chi connectivity index (χ3v) is 7.40. The molecule has 1 fully saturated rings. The second-order valence-electron chi connectivity index (χ2n) is 8.84. The zero-order valence-corrected chi connectivity index (χ0v) is 20.6. The third-order valence-electron chi connectivity index (χ3n) is 6.27. The Balaban J connectivity index is 1.90. The lowest BCUT2D eigenvalue weighted by molar-refractivity contribution is -0.139. The van der Waals surface area contributed by atoms with E-state index in [1.165, 1.54) is 23.1 Å². The first-order valence-corrected chi connectivity index (χ1v) is 13.3. The summed E-state index contributed by atoms with van der Waals surface area (Å²) in [7, 11) is -3.97. The molecule has 0 bridgehead atoms. The summed E-state index contributed by atoms with van der Waals surface area (Å²) < 4.78 is 40.2. The maximum atomic E-state index is 14.4. The molecule has 1 aliphatic rings. The van der Waals surface area contributed by atoms with Crippen molar-refractivity contribution < 1.29 is 22.4 Å². The molecule has 0 radical (unpaired) electrons. The van der Waals surface area contributed by atoms with E-state index in [0.717, 1.165) is 53.4 Å². The van der Waals surface area contributed by atoms with Crippen LogP contribution in [0, 0.1) is 12.7 Å². The van der Waals surface area contributed by atoms with E-state index in [9.17, 15) is 22.4 Å². The van der Waals surface area contributed by atoms with Gasteiger partial charge in [0.25, 0.3) is 0 Å². The van der Waals surface area contributed by atoms with Crippen LogP contribution < -0.4 is 9.62 Å². The molecule has 2 aromatic rings. The van der Waals surface area contributed by atoms with Gasteiger partial charge in [-0.25, -0.2) is 12.8 Å². The molecule has 1 saturated carbocycles. The van der Waals surface area contributed by atoms with Gasteiger partial charge in [-0.2, -0.15) is 0 Å². The van der Waals surface area contributed by atoms with Crippen molar-refractivity contribution in [3.8, 4) is 0 Å². The lowest BCUT2D eigenvalue weighted by Gasteiger charge is -2.32. The molecule has 7 nitrogen and oxygen atoms in total. The van der Waals surface area contributed by atoms with Crippen LogP contribution in [0.4, 0.5) is 10.1 Å². The number of aryl methyl sites for hydroxylation is 1. The molecule has 0 saturated heterocycles. The Morgan fingerprint density at radius 2 is 1.71 bits per heavy atom. The molecule has 0 heterocycles. The Kier molecular flexibility index (Phi) is 8.30. The molecule has 1 atom stereocenters. The summed E-state index contributed by atoms with van der Waals surface area (Å²) in [5.41, 5.74) is 1.57. The van der Waals surface area contributed by atoms with E-state index >= 15 is 0 Å². The number of benzene rings is 2. The highest BCUT2D eigenvalue weighted by atomic mass is 32.2. The number of carbonyl (C=O) groups excluding carboxylic acids is 2. The van der Waals surface area contributed by atoms with Gasteiger partial charge in [0.1, 0.15) is 18.4 Å². The van der Waals surface area contributed by atoms with E-state index < -0.39 is 34.3 Å². The largest absolute Gasteiger partial charge is 0.352 e. The Labute approximate surface area is 201 Å². The molecule has 1 N–H and O–H groups in total. The number of hydrogen-bond acceptors (Lipinski definition) is 4. The van der Waals surface area contributed by atoms with Crippen molar-refractivity contribution in [2.45, 2.75) is 58.2 Å². The Bertz CT molecular complexity index is 1130. The summed E-state index contributed by atoms with van der Waals surface area (Å²) in [6.07, 6.45) is 4.83.